The zero-order valence-corrected chi connectivity index (χ0v) is 5.19. The van der Waals surface area contributed by atoms with Crippen molar-refractivity contribution in [3.05, 3.63) is 12.2 Å². The summed E-state index contributed by atoms with van der Waals surface area (Å²) in [5, 5.41) is 13.0. The van der Waals surface area contributed by atoms with Crippen molar-refractivity contribution in [2.24, 2.45) is 0 Å². The minimum absolute atomic E-state index is 0.192. The Kier molecular flexibility index (Phi) is 3.54. The first kappa shape index (κ1) is 9.01. The molecule has 2 nitrogen and oxygen atoms in total. The van der Waals surface area contributed by atoms with Gasteiger partial charge in [0, 0.05) is 0 Å². The molecule has 0 saturated heterocycles. The van der Waals surface area contributed by atoms with E-state index in [2.05, 4.69) is 0 Å². The van der Waals surface area contributed by atoms with Crippen LogP contribution in [0.25, 0.3) is 0 Å². The Labute approximate surface area is 60.6 Å². The molecule has 0 aliphatic carbocycles. The van der Waals surface area contributed by atoms with Crippen LogP contribution in [0.5, 0.6) is 0 Å². The Morgan fingerprint density at radius 2 is 1.80 bits per heavy atom. The molecule has 0 spiro atoms. The van der Waals surface area contributed by atoms with Gasteiger partial charge >= 0.3 is 59.7 Å². The van der Waals surface area contributed by atoms with E-state index in [1.807, 2.05) is 0 Å². The van der Waals surface area contributed by atoms with Crippen LogP contribution in [0.1, 0.15) is 0 Å². The first-order valence-electron chi connectivity index (χ1n) is 2.43. The molecule has 0 saturated carbocycles. The summed E-state index contributed by atoms with van der Waals surface area (Å²) >= 11 is 0. The summed E-state index contributed by atoms with van der Waals surface area (Å²) in [5.41, 5.74) is -0.192. The molecular weight excluding hydrogens is 129 g/mol. The molecule has 3 radical (unpaired) electrons. The summed E-state index contributed by atoms with van der Waals surface area (Å²) < 4.78 is 11.6. The molecule has 0 aromatic heterocycles. The minimum atomic E-state index is -1.13. The summed E-state index contributed by atoms with van der Waals surface area (Å²) in [5.74, 6) is -1.13. The Balaban J connectivity index is 4.03. The van der Waals surface area contributed by atoms with Crippen molar-refractivity contribution >= 4 is 32.4 Å². The van der Waals surface area contributed by atoms with Crippen LogP contribution < -0.4 is 0 Å². The Bertz CT molecular complexity index is 210. The van der Waals surface area contributed by atoms with Crippen molar-refractivity contribution in [1.82, 2.24) is 0 Å². The van der Waals surface area contributed by atoms with Gasteiger partial charge in [0.1, 0.15) is 0 Å². The second-order valence-corrected chi connectivity index (χ2v) is 1.55. The van der Waals surface area contributed by atoms with Crippen LogP contribution >= 0.6 is 0 Å². The van der Waals surface area contributed by atoms with Gasteiger partial charge in [-0.3, -0.25) is 0 Å². The van der Waals surface area contributed by atoms with Gasteiger partial charge in [0.15, 0.2) is 0 Å². The Hall–Kier alpha value is -0.990. The molecule has 0 unspecified atom stereocenters. The van der Waals surface area contributed by atoms with Crippen molar-refractivity contribution in [3.8, 4) is 0 Å². The molecule has 0 aliphatic rings. The van der Waals surface area contributed by atoms with Crippen LogP contribution in [0.15, 0.2) is 12.2 Å². The van der Waals surface area contributed by atoms with E-state index in [-0.39, 0.29) is 11.1 Å². The van der Waals surface area contributed by atoms with Crippen molar-refractivity contribution in [2.45, 2.75) is 0 Å². The van der Waals surface area contributed by atoms with E-state index in [0.29, 0.717) is 0 Å². The molecule has 0 heterocycles. The molecule has 10 heavy (non-hydrogen) atoms. The van der Waals surface area contributed by atoms with Crippen LogP contribution in [-0.4, -0.2) is 32.4 Å². The van der Waals surface area contributed by atoms with Gasteiger partial charge in [0.2, 0.25) is 0 Å². The topological polar surface area (TPSA) is 47.7 Å². The van der Waals surface area contributed by atoms with Gasteiger partial charge in [-0.15, -0.1) is 0 Å². The average Bonchev–Trinajstić information content (AvgIpc) is 1.82. The fraction of sp³-hybridized carbons (Fsp3) is 0. The summed E-state index contributed by atoms with van der Waals surface area (Å²) in [7, 11) is 9.90. The van der Waals surface area contributed by atoms with Crippen LogP contribution in [0.4, 0.5) is 4.39 Å². The fourth-order valence-corrected chi connectivity index (χ4v) is 0.253. The fourth-order valence-electron chi connectivity index (χ4n) is 0.253. The molecule has 0 atom stereocenters. The quantitative estimate of drug-likeness (QED) is 0.401. The zero-order valence-electron chi connectivity index (χ0n) is 5.19. The van der Waals surface area contributed by atoms with Gasteiger partial charge in [0.05, 0.1) is 0 Å². The molecule has 0 bridgehead atoms. The summed E-state index contributed by atoms with van der Waals surface area (Å²) in [4.78, 5) is 0. The molecule has 0 aromatic carbocycles. The van der Waals surface area contributed by atoms with E-state index in [9.17, 15) is 4.39 Å². The standard InChI is InChI=1S/C5H4B2FN2/c6-5(7)3(9)1-2-4(8)10/h1-2,9-10H. The third-order valence-corrected chi connectivity index (χ3v) is 0.707. The normalized spacial score (nSPS) is 9.60. The first-order chi connectivity index (χ1) is 4.54. The molecule has 2 N–H and O–H groups in total. The van der Waals surface area contributed by atoms with E-state index in [4.69, 9.17) is 26.2 Å². The average molecular weight is 133 g/mol. The first-order valence-corrected chi connectivity index (χ1v) is 2.43. The van der Waals surface area contributed by atoms with E-state index in [1.165, 1.54) is 0 Å². The second-order valence-electron chi connectivity index (χ2n) is 1.55. The second kappa shape index (κ2) is 3.93. The van der Waals surface area contributed by atoms with Crippen molar-refractivity contribution in [2.75, 3.05) is 0 Å². The maximum atomic E-state index is 11.6. The number of nitrogens with one attached hydrogen (secondary N) is 2. The predicted molar refractivity (Wildman–Crippen MR) is 42.2 cm³/mol. The molecule has 0 rings (SSSR count). The number of allylic oxidation sites excluding steroid dienone is 2. The summed E-state index contributed by atoms with van der Waals surface area (Å²) in [6.45, 7) is 0. The van der Waals surface area contributed by atoms with E-state index >= 15 is 0 Å². The van der Waals surface area contributed by atoms with Crippen LogP contribution in [0.3, 0.4) is 0 Å². The molecular formula is C5H4B2FN2. The Morgan fingerprint density at radius 3 is 2.10 bits per heavy atom. The van der Waals surface area contributed by atoms with Crippen LogP contribution in [-0.2, 0) is 0 Å². The van der Waals surface area contributed by atoms with Crippen molar-refractivity contribution in [1.29, 1.82) is 10.8 Å². The predicted octanol–water partition coefficient (Wildman–Crippen LogP) is -0.0240. The van der Waals surface area contributed by atoms with Crippen LogP contribution in [0, 0.1) is 10.8 Å². The Morgan fingerprint density at radius 1 is 1.30 bits per heavy atom. The molecule has 0 aromatic rings. The zero-order chi connectivity index (χ0) is 8.15. The monoisotopic (exact) mass is 133 g/mol. The van der Waals surface area contributed by atoms with Crippen LogP contribution in [0.2, 0.25) is 0 Å². The van der Waals surface area contributed by atoms with Gasteiger partial charge < -0.3 is 0 Å². The molecule has 47 valence electrons. The van der Waals surface area contributed by atoms with E-state index in [1.54, 1.807) is 0 Å². The summed E-state index contributed by atoms with van der Waals surface area (Å²) in [6, 6.07) is 0. The van der Waals surface area contributed by atoms with Gasteiger partial charge in [0.25, 0.3) is 0 Å². The SMILES string of the molecule is [B]C(=[B])C(=N)C=CC(=N)F. The van der Waals surface area contributed by atoms with E-state index in [0.717, 1.165) is 12.2 Å². The third kappa shape index (κ3) is 3.95. The summed E-state index contributed by atoms with van der Waals surface area (Å²) in [6.07, 6.45) is 1.81. The molecule has 0 fully saturated rings. The molecule has 0 amide bonds. The molecule has 5 heteroatoms. The van der Waals surface area contributed by atoms with Gasteiger partial charge in [-0.1, -0.05) is 0 Å². The number of hydrogen-bond donors (Lipinski definition) is 2. The number of hydrogen-bond acceptors (Lipinski definition) is 2. The molecule has 0 aliphatic heterocycles. The van der Waals surface area contributed by atoms with Gasteiger partial charge in [-0.2, -0.15) is 0 Å². The van der Waals surface area contributed by atoms with E-state index < -0.39 is 5.97 Å². The van der Waals surface area contributed by atoms with Crippen molar-refractivity contribution < 1.29 is 4.39 Å². The van der Waals surface area contributed by atoms with Gasteiger partial charge in [-0.05, 0) is 0 Å². The van der Waals surface area contributed by atoms with Gasteiger partial charge in [-0.25, -0.2) is 0 Å². The maximum absolute atomic E-state index is 11.6. The third-order valence-electron chi connectivity index (χ3n) is 0.707. The number of halogens is 1. The number of rotatable bonds is 3. The van der Waals surface area contributed by atoms with Crippen molar-refractivity contribution in [3.63, 3.8) is 0 Å².